The maximum absolute atomic E-state index is 12.9. The maximum atomic E-state index is 12.9. The van der Waals surface area contributed by atoms with Gasteiger partial charge in [0.15, 0.2) is 0 Å². The highest BCUT2D eigenvalue weighted by molar-refractivity contribution is 7.92. The molecule has 0 radical (unpaired) electrons. The minimum absolute atomic E-state index is 0.179. The summed E-state index contributed by atoms with van der Waals surface area (Å²) in [5.74, 6) is 0.193. The van der Waals surface area contributed by atoms with Crippen LogP contribution in [0.2, 0.25) is 0 Å². The smallest absolute Gasteiger partial charge is 0.253 e. The summed E-state index contributed by atoms with van der Waals surface area (Å²) < 4.78 is 26.4. The average molecular weight is 417 g/mol. The van der Waals surface area contributed by atoms with Crippen molar-refractivity contribution in [2.24, 2.45) is 5.92 Å². The number of carbonyl (C=O) groups excluding carboxylic acids is 1. The van der Waals surface area contributed by atoms with E-state index in [0.29, 0.717) is 23.7 Å². The molecule has 0 heterocycles. The van der Waals surface area contributed by atoms with Crippen molar-refractivity contribution in [3.63, 3.8) is 0 Å². The van der Waals surface area contributed by atoms with Gasteiger partial charge in [-0.05, 0) is 30.0 Å². The number of rotatable bonds is 11. The van der Waals surface area contributed by atoms with E-state index in [9.17, 15) is 13.2 Å². The first kappa shape index (κ1) is 22.9. The number of nitrogens with one attached hydrogen (secondary N) is 1. The maximum Gasteiger partial charge on any atom is 0.253 e. The van der Waals surface area contributed by atoms with Gasteiger partial charge >= 0.3 is 0 Å². The zero-order chi connectivity index (χ0) is 21.3. The van der Waals surface area contributed by atoms with Crippen molar-refractivity contribution < 1.29 is 13.2 Å². The Hall–Kier alpha value is -2.34. The summed E-state index contributed by atoms with van der Waals surface area (Å²) in [6.45, 7) is 5.07. The molecule has 0 aliphatic rings. The van der Waals surface area contributed by atoms with Gasteiger partial charge in [-0.2, -0.15) is 0 Å². The Morgan fingerprint density at radius 1 is 1.03 bits per heavy atom. The van der Waals surface area contributed by atoms with E-state index in [1.165, 1.54) is 10.6 Å². The topological polar surface area (TPSA) is 66.5 Å². The lowest BCUT2D eigenvalue weighted by Gasteiger charge is -2.25. The Morgan fingerprint density at radius 2 is 1.69 bits per heavy atom. The van der Waals surface area contributed by atoms with Gasteiger partial charge in [-0.25, -0.2) is 8.42 Å². The van der Waals surface area contributed by atoms with Crippen LogP contribution in [0.1, 0.15) is 55.5 Å². The molecule has 6 heteroatoms. The fourth-order valence-corrected chi connectivity index (χ4v) is 4.19. The quantitative estimate of drug-likeness (QED) is 0.582. The first-order valence-corrected chi connectivity index (χ1v) is 12.1. The van der Waals surface area contributed by atoms with Crippen LogP contribution >= 0.6 is 0 Å². The Kier molecular flexibility index (Phi) is 8.70. The van der Waals surface area contributed by atoms with Crippen molar-refractivity contribution in [2.45, 2.75) is 46.1 Å². The molecule has 5 nitrogen and oxygen atoms in total. The van der Waals surface area contributed by atoms with Crippen molar-refractivity contribution in [1.82, 2.24) is 5.32 Å². The number of unbranched alkanes of at least 4 members (excludes halogenated alkanes) is 1. The van der Waals surface area contributed by atoms with Crippen LogP contribution in [0.4, 0.5) is 5.69 Å². The summed E-state index contributed by atoms with van der Waals surface area (Å²) in [5, 5.41) is 3.01. The summed E-state index contributed by atoms with van der Waals surface area (Å²) in [5.41, 5.74) is 1.64. The third-order valence-corrected chi connectivity index (χ3v) is 6.21. The molecule has 29 heavy (non-hydrogen) atoms. The molecule has 0 aromatic heterocycles. The Bertz CT molecular complexity index is 882. The molecule has 2 aromatic rings. The van der Waals surface area contributed by atoms with Crippen molar-refractivity contribution in [1.29, 1.82) is 0 Å². The fourth-order valence-electron chi connectivity index (χ4n) is 3.29. The molecule has 0 saturated carbocycles. The van der Waals surface area contributed by atoms with E-state index < -0.39 is 10.0 Å². The molecule has 0 spiro atoms. The highest BCUT2D eigenvalue weighted by atomic mass is 32.2. The SMILES string of the molecule is CCCC[C@@H](CC)CNC(=O)c1ccccc1N(Cc1ccccc1)S(C)(=O)=O. The second-order valence-corrected chi connectivity index (χ2v) is 9.31. The molecule has 2 rings (SSSR count). The number of hydrogen-bond acceptors (Lipinski definition) is 3. The molecular weight excluding hydrogens is 384 g/mol. The summed E-state index contributed by atoms with van der Waals surface area (Å²) in [7, 11) is -3.57. The van der Waals surface area contributed by atoms with Gasteiger partial charge in [0.1, 0.15) is 0 Å². The number of benzene rings is 2. The van der Waals surface area contributed by atoms with Crippen LogP contribution in [0.3, 0.4) is 0 Å². The molecule has 1 amide bonds. The lowest BCUT2D eigenvalue weighted by molar-refractivity contribution is 0.0946. The molecule has 1 atom stereocenters. The first-order chi connectivity index (χ1) is 13.9. The Morgan fingerprint density at radius 3 is 2.31 bits per heavy atom. The molecule has 0 aliphatic carbocycles. The summed E-state index contributed by atoms with van der Waals surface area (Å²) >= 11 is 0. The molecule has 0 fully saturated rings. The van der Waals surface area contributed by atoms with E-state index in [2.05, 4.69) is 19.2 Å². The highest BCUT2D eigenvalue weighted by Crippen LogP contribution is 2.25. The lowest BCUT2D eigenvalue weighted by Crippen LogP contribution is -2.34. The van der Waals surface area contributed by atoms with Gasteiger partial charge in [-0.3, -0.25) is 9.10 Å². The highest BCUT2D eigenvalue weighted by Gasteiger charge is 2.23. The van der Waals surface area contributed by atoms with Crippen LogP contribution in [-0.4, -0.2) is 27.1 Å². The molecule has 0 saturated heterocycles. The zero-order valence-electron chi connectivity index (χ0n) is 17.6. The van der Waals surface area contributed by atoms with Crippen molar-refractivity contribution in [3.8, 4) is 0 Å². The molecule has 0 aliphatic heterocycles. The van der Waals surface area contributed by atoms with Crippen LogP contribution < -0.4 is 9.62 Å². The van der Waals surface area contributed by atoms with Gasteiger partial charge < -0.3 is 5.32 Å². The second kappa shape index (κ2) is 11.0. The minimum atomic E-state index is -3.57. The van der Waals surface area contributed by atoms with Crippen LogP contribution in [0.25, 0.3) is 0 Å². The molecule has 158 valence electrons. The number of carbonyl (C=O) groups is 1. The molecule has 0 bridgehead atoms. The number of sulfonamides is 1. The molecule has 2 aromatic carbocycles. The van der Waals surface area contributed by atoms with Crippen molar-refractivity contribution in [2.75, 3.05) is 17.1 Å². The average Bonchev–Trinajstić information content (AvgIpc) is 2.72. The van der Waals surface area contributed by atoms with Gasteiger partial charge in [0.05, 0.1) is 24.1 Å². The number of hydrogen-bond donors (Lipinski definition) is 1. The third-order valence-electron chi connectivity index (χ3n) is 5.08. The lowest BCUT2D eigenvalue weighted by atomic mass is 9.99. The zero-order valence-corrected chi connectivity index (χ0v) is 18.4. The monoisotopic (exact) mass is 416 g/mol. The van der Waals surface area contributed by atoms with Gasteiger partial charge in [-0.1, -0.05) is 75.6 Å². The van der Waals surface area contributed by atoms with Crippen LogP contribution in [-0.2, 0) is 16.6 Å². The van der Waals surface area contributed by atoms with E-state index in [0.717, 1.165) is 31.2 Å². The van der Waals surface area contributed by atoms with E-state index in [1.54, 1.807) is 24.3 Å². The van der Waals surface area contributed by atoms with E-state index >= 15 is 0 Å². The second-order valence-electron chi connectivity index (χ2n) is 7.40. The van der Waals surface area contributed by atoms with E-state index in [-0.39, 0.29) is 12.5 Å². The number of anilines is 1. The predicted molar refractivity (Wildman–Crippen MR) is 120 cm³/mol. The summed E-state index contributed by atoms with van der Waals surface area (Å²) in [6.07, 6.45) is 5.53. The fraction of sp³-hybridized carbons (Fsp3) is 0.435. The number of amides is 1. The van der Waals surface area contributed by atoms with Crippen molar-refractivity contribution in [3.05, 3.63) is 65.7 Å². The number of nitrogens with zero attached hydrogens (tertiary/aromatic N) is 1. The van der Waals surface area contributed by atoms with Crippen molar-refractivity contribution >= 4 is 21.6 Å². The van der Waals surface area contributed by atoms with Crippen LogP contribution in [0, 0.1) is 5.92 Å². The Labute approximate surface area is 175 Å². The van der Waals surface area contributed by atoms with Gasteiger partial charge in [0.25, 0.3) is 5.91 Å². The van der Waals surface area contributed by atoms with E-state index in [1.807, 2.05) is 30.3 Å². The van der Waals surface area contributed by atoms with E-state index in [4.69, 9.17) is 0 Å². The minimum Gasteiger partial charge on any atom is -0.352 e. The van der Waals surface area contributed by atoms with Crippen LogP contribution in [0.15, 0.2) is 54.6 Å². The molecular formula is C23H32N2O3S. The third kappa shape index (κ3) is 6.89. The largest absolute Gasteiger partial charge is 0.352 e. The molecule has 1 N–H and O–H groups in total. The molecule has 0 unspecified atom stereocenters. The van der Waals surface area contributed by atoms with Gasteiger partial charge in [-0.15, -0.1) is 0 Å². The summed E-state index contributed by atoms with van der Waals surface area (Å²) in [6, 6.07) is 16.3. The Balaban J connectivity index is 2.25. The normalized spacial score (nSPS) is 12.4. The standard InChI is InChI=1S/C23H32N2O3S/c1-4-6-12-19(5-2)17-24-23(26)21-15-10-11-16-22(21)25(29(3,27)28)18-20-13-8-7-9-14-20/h7-11,13-16,19H,4-6,12,17-18H2,1-3H3,(H,24,26)/t19-/m1/s1. The van der Waals surface area contributed by atoms with Gasteiger partial charge in [0.2, 0.25) is 10.0 Å². The predicted octanol–water partition coefficient (Wildman–Crippen LogP) is 4.60. The van der Waals surface area contributed by atoms with Crippen LogP contribution in [0.5, 0.6) is 0 Å². The summed E-state index contributed by atoms with van der Waals surface area (Å²) in [4.78, 5) is 12.9. The van der Waals surface area contributed by atoms with Gasteiger partial charge in [0, 0.05) is 6.54 Å². The first-order valence-electron chi connectivity index (χ1n) is 10.3. The number of para-hydroxylation sites is 1.